The molecule has 4 rings (SSSR count). The van der Waals surface area contributed by atoms with Crippen molar-refractivity contribution in [3.63, 3.8) is 0 Å². The van der Waals surface area contributed by atoms with E-state index in [1.54, 1.807) is 12.1 Å². The minimum Gasteiger partial charge on any atom is -0.302 e. The Bertz CT molecular complexity index is 673. The van der Waals surface area contributed by atoms with Gasteiger partial charge in [0.05, 0.1) is 11.2 Å². The SMILES string of the molecule is CCNC1(c2nc3c(s2)CCC3)CCc2cc(F)ccc21. The minimum atomic E-state index is -0.202. The van der Waals surface area contributed by atoms with E-state index < -0.39 is 0 Å². The zero-order valence-corrected chi connectivity index (χ0v) is 13.0. The fraction of sp³-hybridized carbons (Fsp3) is 0.471. The zero-order valence-electron chi connectivity index (χ0n) is 12.2. The lowest BCUT2D eigenvalue weighted by Gasteiger charge is -2.29. The van der Waals surface area contributed by atoms with Crippen molar-refractivity contribution >= 4 is 11.3 Å². The Morgan fingerprint density at radius 1 is 1.33 bits per heavy atom. The van der Waals surface area contributed by atoms with Crippen LogP contribution in [0.4, 0.5) is 4.39 Å². The van der Waals surface area contributed by atoms with E-state index >= 15 is 0 Å². The van der Waals surface area contributed by atoms with Crippen LogP contribution in [0.5, 0.6) is 0 Å². The predicted molar refractivity (Wildman–Crippen MR) is 83.3 cm³/mol. The highest BCUT2D eigenvalue weighted by molar-refractivity contribution is 7.12. The summed E-state index contributed by atoms with van der Waals surface area (Å²) in [6.45, 7) is 3.02. The Morgan fingerprint density at radius 3 is 3.05 bits per heavy atom. The van der Waals surface area contributed by atoms with Crippen LogP contribution in [-0.2, 0) is 24.8 Å². The summed E-state index contributed by atoms with van der Waals surface area (Å²) in [6, 6.07) is 5.22. The summed E-state index contributed by atoms with van der Waals surface area (Å²) in [5.74, 6) is -0.136. The molecule has 21 heavy (non-hydrogen) atoms. The van der Waals surface area contributed by atoms with Gasteiger partial charge in [-0.1, -0.05) is 13.0 Å². The highest BCUT2D eigenvalue weighted by Crippen LogP contribution is 2.45. The van der Waals surface area contributed by atoms with Crippen molar-refractivity contribution in [3.8, 4) is 0 Å². The third kappa shape index (κ3) is 1.96. The van der Waals surface area contributed by atoms with Crippen LogP contribution in [0.2, 0.25) is 0 Å². The first-order chi connectivity index (χ1) is 10.2. The molecule has 0 fully saturated rings. The summed E-state index contributed by atoms with van der Waals surface area (Å²) in [4.78, 5) is 6.40. The molecule has 2 nitrogen and oxygen atoms in total. The summed E-state index contributed by atoms with van der Waals surface area (Å²) in [6.07, 6.45) is 5.43. The summed E-state index contributed by atoms with van der Waals surface area (Å²) in [7, 11) is 0. The molecule has 4 heteroatoms. The maximum atomic E-state index is 13.5. The predicted octanol–water partition coefficient (Wildman–Crippen LogP) is 3.57. The summed E-state index contributed by atoms with van der Waals surface area (Å²) >= 11 is 1.86. The van der Waals surface area contributed by atoms with Gasteiger partial charge in [0.1, 0.15) is 10.8 Å². The second kappa shape index (κ2) is 4.89. The molecule has 1 unspecified atom stereocenters. The van der Waals surface area contributed by atoms with Crippen LogP contribution in [0.15, 0.2) is 18.2 Å². The van der Waals surface area contributed by atoms with Crippen molar-refractivity contribution in [3.05, 3.63) is 50.7 Å². The number of hydrogen-bond donors (Lipinski definition) is 1. The van der Waals surface area contributed by atoms with Gasteiger partial charge in [0.15, 0.2) is 0 Å². The number of thiazole rings is 1. The molecule has 2 aliphatic carbocycles. The average Bonchev–Trinajstić information content (AvgIpc) is 3.12. The van der Waals surface area contributed by atoms with Crippen LogP contribution in [0.25, 0.3) is 0 Å². The number of nitrogens with zero attached hydrogens (tertiary/aromatic N) is 1. The van der Waals surface area contributed by atoms with Gasteiger partial charge in [-0.25, -0.2) is 9.37 Å². The molecule has 2 aromatic rings. The minimum absolute atomic E-state index is 0.136. The van der Waals surface area contributed by atoms with Gasteiger partial charge in [-0.3, -0.25) is 0 Å². The summed E-state index contributed by atoms with van der Waals surface area (Å²) < 4.78 is 13.5. The van der Waals surface area contributed by atoms with E-state index in [0.717, 1.165) is 31.4 Å². The van der Waals surface area contributed by atoms with Crippen molar-refractivity contribution in [1.82, 2.24) is 10.3 Å². The van der Waals surface area contributed by atoms with Crippen molar-refractivity contribution < 1.29 is 4.39 Å². The fourth-order valence-corrected chi connectivity index (χ4v) is 5.16. The van der Waals surface area contributed by atoms with Crippen LogP contribution in [-0.4, -0.2) is 11.5 Å². The molecule has 1 aromatic heterocycles. The van der Waals surface area contributed by atoms with Crippen LogP contribution in [0, 0.1) is 5.82 Å². The first-order valence-electron chi connectivity index (χ1n) is 7.76. The number of hydrogen-bond acceptors (Lipinski definition) is 3. The highest BCUT2D eigenvalue weighted by atomic mass is 32.1. The monoisotopic (exact) mass is 302 g/mol. The van der Waals surface area contributed by atoms with Gasteiger partial charge in [0, 0.05) is 4.88 Å². The lowest BCUT2D eigenvalue weighted by atomic mass is 9.92. The quantitative estimate of drug-likeness (QED) is 0.937. The van der Waals surface area contributed by atoms with E-state index in [2.05, 4.69) is 12.2 Å². The normalized spacial score (nSPS) is 23.3. The van der Waals surface area contributed by atoms with E-state index in [0.29, 0.717) is 0 Å². The molecule has 1 atom stereocenters. The number of aryl methyl sites for hydroxylation is 3. The first kappa shape index (κ1) is 13.4. The molecule has 0 radical (unpaired) electrons. The van der Waals surface area contributed by atoms with Gasteiger partial charge in [-0.15, -0.1) is 11.3 Å². The molecule has 0 saturated carbocycles. The Kier molecular flexibility index (Phi) is 3.12. The number of halogens is 1. The summed E-state index contributed by atoms with van der Waals surface area (Å²) in [5, 5.41) is 4.84. The van der Waals surface area contributed by atoms with Crippen LogP contribution < -0.4 is 5.32 Å². The topological polar surface area (TPSA) is 24.9 Å². The highest BCUT2D eigenvalue weighted by Gasteiger charge is 2.43. The van der Waals surface area contributed by atoms with Gasteiger partial charge >= 0.3 is 0 Å². The molecule has 110 valence electrons. The van der Waals surface area contributed by atoms with Crippen LogP contribution in [0.3, 0.4) is 0 Å². The van der Waals surface area contributed by atoms with E-state index in [9.17, 15) is 4.39 Å². The standard InChI is InChI=1S/C17H19FN2S/c1-2-19-17(16-20-14-4-3-5-15(14)21-16)9-8-11-10-12(18)6-7-13(11)17/h6-7,10,19H,2-5,8-9H2,1H3. The van der Waals surface area contributed by atoms with Crippen molar-refractivity contribution in [1.29, 1.82) is 0 Å². The number of benzene rings is 1. The average molecular weight is 302 g/mol. The number of nitrogens with one attached hydrogen (secondary N) is 1. The summed E-state index contributed by atoms with van der Waals surface area (Å²) in [5.41, 5.74) is 3.44. The van der Waals surface area contributed by atoms with E-state index in [1.807, 2.05) is 17.4 Å². The lowest BCUT2D eigenvalue weighted by Crippen LogP contribution is -2.41. The Labute approximate surface area is 128 Å². The number of rotatable bonds is 3. The molecule has 1 heterocycles. The first-order valence-corrected chi connectivity index (χ1v) is 8.57. The fourth-order valence-electron chi connectivity index (χ4n) is 3.80. The Morgan fingerprint density at radius 2 is 2.24 bits per heavy atom. The molecule has 0 amide bonds. The zero-order chi connectivity index (χ0) is 14.4. The second-order valence-electron chi connectivity index (χ2n) is 5.98. The molecule has 0 bridgehead atoms. The molecule has 2 aliphatic rings. The largest absolute Gasteiger partial charge is 0.302 e. The molecule has 0 spiro atoms. The van der Waals surface area contributed by atoms with Crippen LogP contribution >= 0.6 is 11.3 Å². The van der Waals surface area contributed by atoms with E-state index in [-0.39, 0.29) is 11.4 Å². The van der Waals surface area contributed by atoms with Crippen molar-refractivity contribution in [2.45, 2.75) is 44.6 Å². The molecular formula is C17H19FN2S. The molecule has 0 aliphatic heterocycles. The maximum Gasteiger partial charge on any atom is 0.123 e. The Balaban J connectivity index is 1.85. The van der Waals surface area contributed by atoms with E-state index in [1.165, 1.54) is 34.0 Å². The smallest absolute Gasteiger partial charge is 0.123 e. The maximum absolute atomic E-state index is 13.5. The van der Waals surface area contributed by atoms with E-state index in [4.69, 9.17) is 4.98 Å². The molecule has 1 N–H and O–H groups in total. The third-order valence-corrected chi connectivity index (χ3v) is 6.05. The third-order valence-electron chi connectivity index (χ3n) is 4.74. The van der Waals surface area contributed by atoms with Gasteiger partial charge in [-0.2, -0.15) is 0 Å². The van der Waals surface area contributed by atoms with Gasteiger partial charge in [0.25, 0.3) is 0 Å². The number of fused-ring (bicyclic) bond motifs is 2. The molecule has 1 aromatic carbocycles. The Hall–Kier alpha value is -1.26. The van der Waals surface area contributed by atoms with Crippen molar-refractivity contribution in [2.75, 3.05) is 6.54 Å². The van der Waals surface area contributed by atoms with Crippen molar-refractivity contribution in [2.24, 2.45) is 0 Å². The molecular weight excluding hydrogens is 283 g/mol. The van der Waals surface area contributed by atoms with Gasteiger partial charge in [0.2, 0.25) is 0 Å². The second-order valence-corrected chi connectivity index (χ2v) is 7.06. The number of aromatic nitrogens is 1. The van der Waals surface area contributed by atoms with Crippen LogP contribution in [0.1, 0.15) is 46.5 Å². The lowest BCUT2D eigenvalue weighted by molar-refractivity contribution is 0.407. The molecule has 0 saturated heterocycles. The van der Waals surface area contributed by atoms with Gasteiger partial charge < -0.3 is 5.32 Å². The van der Waals surface area contributed by atoms with Gasteiger partial charge in [-0.05, 0) is 61.9 Å².